The third kappa shape index (κ3) is 4.77. The van der Waals surface area contributed by atoms with Crippen molar-refractivity contribution in [2.45, 2.75) is 0 Å². The number of hydrogen-bond acceptors (Lipinski definition) is 0. The van der Waals surface area contributed by atoms with E-state index in [4.69, 9.17) is 0 Å². The van der Waals surface area contributed by atoms with E-state index < -0.39 is 0 Å². The zero-order valence-corrected chi connectivity index (χ0v) is 27.5. The average Bonchev–Trinajstić information content (AvgIpc) is 3.20. The summed E-state index contributed by atoms with van der Waals surface area (Å²) in [6.45, 7) is 0. The van der Waals surface area contributed by atoms with Crippen LogP contribution in [0.5, 0.6) is 0 Å². The van der Waals surface area contributed by atoms with Gasteiger partial charge in [0.05, 0.1) is 0 Å². The quantitative estimate of drug-likeness (QED) is 0.169. The SMILES string of the molecule is c1ccc2c(c1)cc(-c1ccc(-c3ccc4ccc(-c5ccc(-c6cc7ccccc7c7ccccc67)cc5)cc4c3)cc1)c1ccccc12. The second kappa shape index (κ2) is 11.6. The molecule has 0 radical (unpaired) electrons. The van der Waals surface area contributed by atoms with Crippen molar-refractivity contribution in [2.24, 2.45) is 0 Å². The van der Waals surface area contributed by atoms with Gasteiger partial charge in [0.25, 0.3) is 0 Å². The van der Waals surface area contributed by atoms with Gasteiger partial charge < -0.3 is 0 Å². The molecular formula is C50H32. The van der Waals surface area contributed by atoms with Crippen LogP contribution in [0.1, 0.15) is 0 Å². The molecule has 232 valence electrons. The smallest absolute Gasteiger partial charge is 0.00990 e. The van der Waals surface area contributed by atoms with Crippen LogP contribution < -0.4 is 0 Å². The van der Waals surface area contributed by atoms with Crippen LogP contribution in [-0.2, 0) is 0 Å². The highest BCUT2D eigenvalue weighted by molar-refractivity contribution is 6.15. The first kappa shape index (κ1) is 28.5. The first-order valence-corrected chi connectivity index (χ1v) is 17.3. The predicted molar refractivity (Wildman–Crippen MR) is 216 cm³/mol. The van der Waals surface area contributed by atoms with Crippen LogP contribution in [0.2, 0.25) is 0 Å². The summed E-state index contributed by atoms with van der Waals surface area (Å²) in [6.07, 6.45) is 0. The van der Waals surface area contributed by atoms with Gasteiger partial charge in [-0.25, -0.2) is 0 Å². The molecule has 0 aliphatic carbocycles. The molecule has 0 saturated heterocycles. The minimum absolute atomic E-state index is 1.22. The first-order valence-electron chi connectivity index (χ1n) is 17.3. The van der Waals surface area contributed by atoms with E-state index in [1.165, 1.54) is 98.4 Å². The maximum Gasteiger partial charge on any atom is -0.00990 e. The van der Waals surface area contributed by atoms with Crippen molar-refractivity contribution in [3.05, 3.63) is 194 Å². The minimum Gasteiger partial charge on any atom is -0.0616 e. The lowest BCUT2D eigenvalue weighted by atomic mass is 9.91. The largest absolute Gasteiger partial charge is 0.0616 e. The highest BCUT2D eigenvalue weighted by Crippen LogP contribution is 2.38. The monoisotopic (exact) mass is 632 g/mol. The summed E-state index contributed by atoms with van der Waals surface area (Å²) in [6, 6.07) is 71.3. The molecule has 0 amide bonds. The Morgan fingerprint density at radius 2 is 0.520 bits per heavy atom. The molecule has 10 aromatic rings. The third-order valence-corrected chi connectivity index (χ3v) is 10.4. The molecule has 0 spiro atoms. The maximum atomic E-state index is 2.33. The van der Waals surface area contributed by atoms with Crippen molar-refractivity contribution in [3.63, 3.8) is 0 Å². The maximum absolute atomic E-state index is 2.33. The predicted octanol–water partition coefficient (Wildman–Crippen LogP) is 14.1. The topological polar surface area (TPSA) is 0 Å². The Morgan fingerprint density at radius 3 is 0.960 bits per heavy atom. The van der Waals surface area contributed by atoms with Gasteiger partial charge in [0.15, 0.2) is 0 Å². The van der Waals surface area contributed by atoms with Crippen molar-refractivity contribution in [2.75, 3.05) is 0 Å². The third-order valence-electron chi connectivity index (χ3n) is 10.4. The molecule has 0 aromatic heterocycles. The van der Waals surface area contributed by atoms with Gasteiger partial charge in [-0.1, -0.05) is 170 Å². The molecule has 0 atom stereocenters. The van der Waals surface area contributed by atoms with Gasteiger partial charge in [-0.05, 0) is 123 Å². The minimum atomic E-state index is 1.22. The lowest BCUT2D eigenvalue weighted by Gasteiger charge is -2.12. The molecule has 10 rings (SSSR count). The molecule has 10 aromatic carbocycles. The van der Waals surface area contributed by atoms with E-state index in [9.17, 15) is 0 Å². The normalized spacial score (nSPS) is 11.6. The summed E-state index contributed by atoms with van der Waals surface area (Å²) in [5.41, 5.74) is 9.91. The Morgan fingerprint density at radius 1 is 0.180 bits per heavy atom. The highest BCUT2D eigenvalue weighted by atomic mass is 14.1. The highest BCUT2D eigenvalue weighted by Gasteiger charge is 2.11. The lowest BCUT2D eigenvalue weighted by Crippen LogP contribution is -1.86. The second-order valence-electron chi connectivity index (χ2n) is 13.3. The molecule has 0 heteroatoms. The summed E-state index contributed by atoms with van der Waals surface area (Å²) < 4.78 is 0. The number of hydrogen-bond donors (Lipinski definition) is 0. The molecule has 0 N–H and O–H groups in total. The number of fused-ring (bicyclic) bond motifs is 7. The molecular weight excluding hydrogens is 601 g/mol. The fraction of sp³-hybridized carbons (Fsp3) is 0. The fourth-order valence-corrected chi connectivity index (χ4v) is 7.88. The molecule has 0 bridgehead atoms. The number of benzene rings is 10. The van der Waals surface area contributed by atoms with E-state index in [0.29, 0.717) is 0 Å². The first-order chi connectivity index (χ1) is 24.8. The van der Waals surface area contributed by atoms with E-state index in [1.807, 2.05) is 0 Å². The summed E-state index contributed by atoms with van der Waals surface area (Å²) in [5.74, 6) is 0. The van der Waals surface area contributed by atoms with Crippen LogP contribution in [0.25, 0.3) is 98.4 Å². The van der Waals surface area contributed by atoms with Crippen LogP contribution >= 0.6 is 0 Å². The zero-order valence-electron chi connectivity index (χ0n) is 27.5. The van der Waals surface area contributed by atoms with Crippen LogP contribution in [0, 0.1) is 0 Å². The molecule has 50 heavy (non-hydrogen) atoms. The van der Waals surface area contributed by atoms with Gasteiger partial charge in [-0.15, -0.1) is 0 Å². The summed E-state index contributed by atoms with van der Waals surface area (Å²) in [5, 5.41) is 12.8. The van der Waals surface area contributed by atoms with E-state index in [1.54, 1.807) is 0 Å². The van der Waals surface area contributed by atoms with Crippen LogP contribution in [-0.4, -0.2) is 0 Å². The Kier molecular flexibility index (Phi) is 6.60. The van der Waals surface area contributed by atoms with Crippen molar-refractivity contribution >= 4 is 53.9 Å². The zero-order chi connectivity index (χ0) is 33.0. The Bertz CT molecular complexity index is 2700. The Hall–Kier alpha value is -6.50. The van der Waals surface area contributed by atoms with Gasteiger partial charge in [0.1, 0.15) is 0 Å². The van der Waals surface area contributed by atoms with E-state index in [2.05, 4.69) is 194 Å². The van der Waals surface area contributed by atoms with Gasteiger partial charge in [0, 0.05) is 0 Å². The lowest BCUT2D eigenvalue weighted by molar-refractivity contribution is 1.61. The van der Waals surface area contributed by atoms with E-state index in [-0.39, 0.29) is 0 Å². The van der Waals surface area contributed by atoms with Crippen molar-refractivity contribution < 1.29 is 0 Å². The molecule has 0 fully saturated rings. The van der Waals surface area contributed by atoms with Gasteiger partial charge in [-0.3, -0.25) is 0 Å². The van der Waals surface area contributed by atoms with Crippen LogP contribution in [0.3, 0.4) is 0 Å². The van der Waals surface area contributed by atoms with Crippen molar-refractivity contribution in [1.82, 2.24) is 0 Å². The van der Waals surface area contributed by atoms with Crippen molar-refractivity contribution in [1.29, 1.82) is 0 Å². The molecule has 0 aliphatic heterocycles. The molecule has 0 saturated carbocycles. The molecule has 0 aliphatic rings. The molecule has 0 unspecified atom stereocenters. The Balaban J connectivity index is 0.981. The number of rotatable bonds is 4. The Labute approximate surface area is 291 Å². The van der Waals surface area contributed by atoms with E-state index in [0.717, 1.165) is 0 Å². The standard InChI is InChI=1S/C50H32/c1-3-11-43-40(9-1)31-49(47-15-7-5-13-45(43)47)36-23-17-33(18-24-36)38-27-21-35-22-28-39(30-42(35)29-38)34-19-25-37(26-20-34)50-32-41-10-2-4-12-44(41)46-14-6-8-16-48(46)50/h1-32H. The average molecular weight is 633 g/mol. The van der Waals surface area contributed by atoms with Crippen molar-refractivity contribution in [3.8, 4) is 44.5 Å². The van der Waals surface area contributed by atoms with Gasteiger partial charge in [0.2, 0.25) is 0 Å². The molecule has 0 heterocycles. The molecule has 0 nitrogen and oxygen atoms in total. The summed E-state index contributed by atoms with van der Waals surface area (Å²) >= 11 is 0. The van der Waals surface area contributed by atoms with Crippen LogP contribution in [0.4, 0.5) is 0 Å². The van der Waals surface area contributed by atoms with E-state index >= 15 is 0 Å². The van der Waals surface area contributed by atoms with Gasteiger partial charge in [-0.2, -0.15) is 0 Å². The summed E-state index contributed by atoms with van der Waals surface area (Å²) in [7, 11) is 0. The second-order valence-corrected chi connectivity index (χ2v) is 13.3. The van der Waals surface area contributed by atoms with Gasteiger partial charge >= 0.3 is 0 Å². The fourth-order valence-electron chi connectivity index (χ4n) is 7.88. The van der Waals surface area contributed by atoms with Crippen LogP contribution in [0.15, 0.2) is 194 Å². The summed E-state index contributed by atoms with van der Waals surface area (Å²) in [4.78, 5) is 0.